The first-order valence-electron chi connectivity index (χ1n) is 10.9. The number of benzene rings is 1. The van der Waals surface area contributed by atoms with Crippen molar-refractivity contribution < 1.29 is 19.5 Å². The second kappa shape index (κ2) is 10.5. The maximum atomic E-state index is 9.86. The van der Waals surface area contributed by atoms with Crippen molar-refractivity contribution in [3.05, 3.63) is 65.6 Å². The molecule has 3 heterocycles. The third kappa shape index (κ3) is 5.19. The molecule has 2 aromatic heterocycles. The van der Waals surface area contributed by atoms with Gasteiger partial charge in [0.2, 0.25) is 5.76 Å². The van der Waals surface area contributed by atoms with Crippen molar-refractivity contribution in [2.45, 2.75) is 31.9 Å². The van der Waals surface area contributed by atoms with E-state index in [1.165, 1.54) is 0 Å². The van der Waals surface area contributed by atoms with E-state index in [1.54, 1.807) is 12.3 Å². The molecular formula is C24H28N4O4. The number of aryl methyl sites for hydroxylation is 1. The summed E-state index contributed by atoms with van der Waals surface area (Å²) >= 11 is 0. The zero-order chi connectivity index (χ0) is 22.3. The second-order valence-electron chi connectivity index (χ2n) is 7.77. The molecule has 0 radical (unpaired) electrons. The number of ether oxygens (including phenoxy) is 1. The van der Waals surface area contributed by atoms with Crippen LogP contribution in [0.2, 0.25) is 0 Å². The summed E-state index contributed by atoms with van der Waals surface area (Å²) in [5.41, 5.74) is 1.46. The second-order valence-corrected chi connectivity index (χ2v) is 7.77. The predicted molar refractivity (Wildman–Crippen MR) is 118 cm³/mol. The van der Waals surface area contributed by atoms with Gasteiger partial charge in [0.1, 0.15) is 29.4 Å². The van der Waals surface area contributed by atoms with Crippen LogP contribution in [0.3, 0.4) is 0 Å². The van der Waals surface area contributed by atoms with E-state index < -0.39 is 0 Å². The van der Waals surface area contributed by atoms with Crippen LogP contribution in [0.1, 0.15) is 42.2 Å². The summed E-state index contributed by atoms with van der Waals surface area (Å²) in [4.78, 5) is 6.57. The number of hydrogen-bond donors (Lipinski definition) is 2. The van der Waals surface area contributed by atoms with Crippen LogP contribution in [0, 0.1) is 11.8 Å². The molecule has 8 heteroatoms. The molecule has 8 nitrogen and oxygen atoms in total. The lowest BCUT2D eigenvalue weighted by molar-refractivity contribution is 0.0167. The summed E-state index contributed by atoms with van der Waals surface area (Å²) < 4.78 is 13.2. The monoisotopic (exact) mass is 436 g/mol. The Morgan fingerprint density at radius 1 is 1.22 bits per heavy atom. The Morgan fingerprint density at radius 2 is 2.03 bits per heavy atom. The van der Waals surface area contributed by atoms with E-state index in [2.05, 4.69) is 26.9 Å². The molecule has 32 heavy (non-hydrogen) atoms. The van der Waals surface area contributed by atoms with Crippen molar-refractivity contribution in [3.63, 3.8) is 0 Å². The molecule has 1 unspecified atom stereocenters. The Hall–Kier alpha value is -3.12. The van der Waals surface area contributed by atoms with Gasteiger partial charge in [-0.1, -0.05) is 18.0 Å². The van der Waals surface area contributed by atoms with E-state index in [0.29, 0.717) is 11.5 Å². The van der Waals surface area contributed by atoms with Gasteiger partial charge < -0.3 is 24.0 Å². The highest BCUT2D eigenvalue weighted by molar-refractivity contribution is 5.42. The van der Waals surface area contributed by atoms with Gasteiger partial charge >= 0.3 is 0 Å². The molecule has 0 aliphatic carbocycles. The fourth-order valence-electron chi connectivity index (χ4n) is 3.75. The molecule has 1 aliphatic rings. The van der Waals surface area contributed by atoms with Crippen molar-refractivity contribution >= 4 is 0 Å². The highest BCUT2D eigenvalue weighted by atomic mass is 16.5. The third-order valence-corrected chi connectivity index (χ3v) is 5.49. The van der Waals surface area contributed by atoms with E-state index in [-0.39, 0.29) is 25.4 Å². The van der Waals surface area contributed by atoms with Crippen molar-refractivity contribution in [2.24, 2.45) is 0 Å². The molecule has 1 aliphatic heterocycles. The van der Waals surface area contributed by atoms with Gasteiger partial charge in [-0.3, -0.25) is 4.90 Å². The maximum absolute atomic E-state index is 9.86. The summed E-state index contributed by atoms with van der Waals surface area (Å²) in [5.74, 6) is 8.20. The summed E-state index contributed by atoms with van der Waals surface area (Å²) in [6.07, 6.45) is 5.31. The molecule has 0 bridgehead atoms. The van der Waals surface area contributed by atoms with Crippen LogP contribution in [0.4, 0.5) is 0 Å². The van der Waals surface area contributed by atoms with Gasteiger partial charge in [-0.25, -0.2) is 4.98 Å². The first-order valence-corrected chi connectivity index (χ1v) is 10.9. The van der Waals surface area contributed by atoms with Crippen molar-refractivity contribution in [3.8, 4) is 17.6 Å². The Bertz CT molecular complexity index is 1060. The van der Waals surface area contributed by atoms with Crippen LogP contribution < -0.4 is 4.74 Å². The van der Waals surface area contributed by atoms with Crippen molar-refractivity contribution in [2.75, 3.05) is 32.8 Å². The third-order valence-electron chi connectivity index (χ3n) is 5.49. The Kier molecular flexibility index (Phi) is 7.22. The molecule has 1 saturated heterocycles. The van der Waals surface area contributed by atoms with Crippen LogP contribution in [-0.4, -0.2) is 68.8 Å². The number of likely N-dealkylation sites (tertiary alicyclic amines) is 1. The van der Waals surface area contributed by atoms with Gasteiger partial charge in [0.15, 0.2) is 0 Å². The number of aliphatic hydroxyl groups is 2. The maximum Gasteiger partial charge on any atom is 0.210 e. The highest BCUT2D eigenvalue weighted by Crippen LogP contribution is 2.21. The fraction of sp³-hybridized carbons (Fsp3) is 0.417. The van der Waals surface area contributed by atoms with Crippen LogP contribution in [0.15, 0.2) is 47.2 Å². The van der Waals surface area contributed by atoms with Gasteiger partial charge in [0.05, 0.1) is 6.61 Å². The first kappa shape index (κ1) is 22.1. The predicted octanol–water partition coefficient (Wildman–Crippen LogP) is 1.86. The summed E-state index contributed by atoms with van der Waals surface area (Å²) in [6, 6.07) is 9.06. The van der Waals surface area contributed by atoms with Gasteiger partial charge in [-0.15, -0.1) is 0 Å². The van der Waals surface area contributed by atoms with Gasteiger partial charge in [0.25, 0.3) is 0 Å². The first-order chi connectivity index (χ1) is 15.7. The van der Waals surface area contributed by atoms with Crippen molar-refractivity contribution in [1.29, 1.82) is 0 Å². The minimum atomic E-state index is -0.353. The van der Waals surface area contributed by atoms with E-state index in [1.807, 2.05) is 42.0 Å². The number of nitrogens with zero attached hydrogens (tertiary/aromatic N) is 4. The quantitative estimate of drug-likeness (QED) is 0.494. The molecule has 2 N–H and O–H groups in total. The fourth-order valence-corrected chi connectivity index (χ4v) is 3.75. The molecule has 0 amide bonds. The summed E-state index contributed by atoms with van der Waals surface area (Å²) in [7, 11) is 0. The van der Waals surface area contributed by atoms with Crippen LogP contribution in [0.25, 0.3) is 0 Å². The normalized spacial score (nSPS) is 15.1. The number of hydrogen-bond acceptors (Lipinski definition) is 7. The van der Waals surface area contributed by atoms with Gasteiger partial charge in [-0.2, -0.15) is 0 Å². The topological polar surface area (TPSA) is 96.8 Å². The number of aromatic nitrogens is 3. The molecule has 0 spiro atoms. The average Bonchev–Trinajstić information content (AvgIpc) is 3.45. The molecule has 1 fully saturated rings. The molecule has 0 saturated carbocycles. The molecular weight excluding hydrogens is 408 g/mol. The highest BCUT2D eigenvalue weighted by Gasteiger charge is 2.27. The zero-order valence-electron chi connectivity index (χ0n) is 18.1. The summed E-state index contributed by atoms with van der Waals surface area (Å²) in [6.45, 7) is 4.83. The minimum Gasteiger partial charge on any atom is -0.488 e. The number of imidazole rings is 1. The number of rotatable bonds is 9. The van der Waals surface area contributed by atoms with Crippen LogP contribution in [-0.2, 0) is 6.42 Å². The SMILES string of the molecule is CCc1nccn1C(CO)c1cc(C#Cc2ccc(OC3CN(CCCO)C3)cc2)on1. The molecule has 3 aromatic rings. The summed E-state index contributed by atoms with van der Waals surface area (Å²) in [5, 5.41) is 22.8. The largest absolute Gasteiger partial charge is 0.488 e. The van der Waals surface area contributed by atoms with E-state index in [9.17, 15) is 5.11 Å². The van der Waals surface area contributed by atoms with Gasteiger partial charge in [-0.05, 0) is 36.6 Å². The zero-order valence-corrected chi connectivity index (χ0v) is 18.1. The average molecular weight is 437 g/mol. The molecule has 168 valence electrons. The van der Waals surface area contributed by atoms with Crippen LogP contribution in [0.5, 0.6) is 5.75 Å². The number of aliphatic hydroxyl groups excluding tert-OH is 2. The van der Waals surface area contributed by atoms with E-state index in [4.69, 9.17) is 14.4 Å². The standard InChI is InChI=1S/C24H28N4O4/c1-2-24-25-10-12-28(24)23(17-30)22-14-20(32-26-22)9-6-18-4-7-19(8-5-18)31-21-15-27(16-21)11-3-13-29/h4-5,7-8,10,12,14,21,23,29-30H,2-3,11,13,15-17H2,1H3. The lowest BCUT2D eigenvalue weighted by atomic mass is 10.1. The molecule has 1 aromatic carbocycles. The van der Waals surface area contributed by atoms with Gasteiger partial charge in [0, 0.05) is 56.7 Å². The lowest BCUT2D eigenvalue weighted by Gasteiger charge is -2.38. The minimum absolute atomic E-state index is 0.107. The molecule has 4 rings (SSSR count). The smallest absolute Gasteiger partial charge is 0.210 e. The Morgan fingerprint density at radius 3 is 2.75 bits per heavy atom. The van der Waals surface area contributed by atoms with E-state index >= 15 is 0 Å². The van der Waals surface area contributed by atoms with Crippen LogP contribution >= 0.6 is 0 Å². The van der Waals surface area contributed by atoms with Crippen molar-refractivity contribution in [1.82, 2.24) is 19.6 Å². The Labute approximate surface area is 187 Å². The molecule has 1 atom stereocenters. The van der Waals surface area contributed by atoms with E-state index in [0.717, 1.165) is 49.6 Å². The Balaban J connectivity index is 1.34. The lowest BCUT2D eigenvalue weighted by Crippen LogP contribution is -2.53.